The summed E-state index contributed by atoms with van der Waals surface area (Å²) in [6.07, 6.45) is 4.98. The second-order valence-electron chi connectivity index (χ2n) is 6.50. The summed E-state index contributed by atoms with van der Waals surface area (Å²) in [4.78, 5) is 0. The van der Waals surface area contributed by atoms with Crippen molar-refractivity contribution in [2.45, 2.75) is 58.8 Å². The Labute approximate surface area is 140 Å². The average molecular weight is 337 g/mol. The van der Waals surface area contributed by atoms with E-state index in [0.29, 0.717) is 25.7 Å². The molecule has 1 fully saturated rings. The molecular weight excluding hydrogens is 308 g/mol. The first kappa shape index (κ1) is 17.0. The van der Waals surface area contributed by atoms with Gasteiger partial charge in [-0.25, -0.2) is 0 Å². The standard InChI is InChI=1S/C18H28O4Si/c1-4-20-23(21-5-2)16-10-11-17-14(12-16)13-19-18(3,22-17)15-8-6-7-9-15/h10-12,15,23H,4-9,13H2,1-3H3. The zero-order chi connectivity index (χ0) is 16.3. The predicted molar refractivity (Wildman–Crippen MR) is 92.3 cm³/mol. The maximum atomic E-state index is 6.27. The second-order valence-corrected chi connectivity index (χ2v) is 8.50. The van der Waals surface area contributed by atoms with Crippen molar-refractivity contribution in [1.82, 2.24) is 0 Å². The van der Waals surface area contributed by atoms with Crippen LogP contribution in [0.5, 0.6) is 5.75 Å². The lowest BCUT2D eigenvalue weighted by Crippen LogP contribution is -2.45. The molecule has 1 heterocycles. The van der Waals surface area contributed by atoms with Crippen LogP contribution in [-0.4, -0.2) is 28.3 Å². The van der Waals surface area contributed by atoms with Crippen molar-refractivity contribution < 1.29 is 18.3 Å². The van der Waals surface area contributed by atoms with Crippen LogP contribution < -0.4 is 9.92 Å². The SMILES string of the molecule is CCO[SiH](OCC)c1ccc2c(c1)COC(C)(C1CCCC1)O2. The number of benzene rings is 1. The fourth-order valence-corrected chi connectivity index (χ4v) is 5.30. The minimum Gasteiger partial charge on any atom is -0.462 e. The van der Waals surface area contributed by atoms with E-state index in [0.717, 1.165) is 16.5 Å². The molecule has 0 amide bonds. The Balaban J connectivity index is 1.77. The van der Waals surface area contributed by atoms with E-state index in [1.165, 1.54) is 25.7 Å². The molecule has 3 rings (SSSR count). The van der Waals surface area contributed by atoms with E-state index in [4.69, 9.17) is 18.3 Å². The molecule has 1 saturated carbocycles. The average Bonchev–Trinajstić information content (AvgIpc) is 3.09. The molecule has 1 aromatic carbocycles. The summed E-state index contributed by atoms with van der Waals surface area (Å²) in [7, 11) is -1.81. The predicted octanol–water partition coefficient (Wildman–Crippen LogP) is 3.00. The van der Waals surface area contributed by atoms with Gasteiger partial charge in [-0.15, -0.1) is 0 Å². The summed E-state index contributed by atoms with van der Waals surface area (Å²) < 4.78 is 24.0. The summed E-state index contributed by atoms with van der Waals surface area (Å²) in [5.41, 5.74) is 1.11. The number of ether oxygens (including phenoxy) is 2. The Hall–Kier alpha value is -0.883. The maximum absolute atomic E-state index is 6.27. The molecule has 1 aliphatic carbocycles. The van der Waals surface area contributed by atoms with Crippen molar-refractivity contribution in [3.63, 3.8) is 0 Å². The molecule has 4 nitrogen and oxygen atoms in total. The molecule has 0 saturated heterocycles. The van der Waals surface area contributed by atoms with Crippen LogP contribution in [0.4, 0.5) is 0 Å². The van der Waals surface area contributed by atoms with Gasteiger partial charge in [0.25, 0.3) is 0 Å². The molecule has 23 heavy (non-hydrogen) atoms. The zero-order valence-corrected chi connectivity index (χ0v) is 15.6. The summed E-state index contributed by atoms with van der Waals surface area (Å²) in [6, 6.07) is 6.31. The first-order valence-corrected chi connectivity index (χ1v) is 10.4. The largest absolute Gasteiger partial charge is 0.462 e. The Morgan fingerprint density at radius 3 is 2.52 bits per heavy atom. The molecule has 1 unspecified atom stereocenters. The molecule has 5 heteroatoms. The van der Waals surface area contributed by atoms with Crippen molar-refractivity contribution in [2.75, 3.05) is 13.2 Å². The molecule has 0 spiro atoms. The van der Waals surface area contributed by atoms with E-state index < -0.39 is 15.1 Å². The highest BCUT2D eigenvalue weighted by Gasteiger charge is 2.42. The number of hydrogen-bond donors (Lipinski definition) is 0. The van der Waals surface area contributed by atoms with Crippen LogP contribution in [0.2, 0.25) is 0 Å². The third-order valence-electron chi connectivity index (χ3n) is 4.92. The van der Waals surface area contributed by atoms with Crippen LogP contribution in [0.15, 0.2) is 18.2 Å². The van der Waals surface area contributed by atoms with Gasteiger partial charge >= 0.3 is 9.28 Å². The Morgan fingerprint density at radius 2 is 1.87 bits per heavy atom. The molecule has 1 atom stereocenters. The first-order chi connectivity index (χ1) is 11.2. The molecule has 0 aromatic heterocycles. The zero-order valence-electron chi connectivity index (χ0n) is 14.5. The lowest BCUT2D eigenvalue weighted by molar-refractivity contribution is -0.224. The third kappa shape index (κ3) is 3.63. The summed E-state index contributed by atoms with van der Waals surface area (Å²) in [5.74, 6) is 0.987. The minimum atomic E-state index is -1.81. The van der Waals surface area contributed by atoms with Crippen LogP contribution in [-0.2, 0) is 20.2 Å². The lowest BCUT2D eigenvalue weighted by atomic mass is 9.97. The maximum Gasteiger partial charge on any atom is 0.355 e. The third-order valence-corrected chi connectivity index (χ3v) is 7.09. The van der Waals surface area contributed by atoms with Crippen LogP contribution in [0.25, 0.3) is 0 Å². The monoisotopic (exact) mass is 336 g/mol. The van der Waals surface area contributed by atoms with Gasteiger partial charge in [0.05, 0.1) is 6.61 Å². The molecular formula is C18H28O4Si. The van der Waals surface area contributed by atoms with Crippen molar-refractivity contribution >= 4 is 14.5 Å². The second kappa shape index (κ2) is 7.34. The number of rotatable bonds is 6. The van der Waals surface area contributed by atoms with E-state index in [1.807, 2.05) is 13.8 Å². The van der Waals surface area contributed by atoms with Gasteiger partial charge in [-0.2, -0.15) is 0 Å². The van der Waals surface area contributed by atoms with Crippen LogP contribution in [0.3, 0.4) is 0 Å². The number of fused-ring (bicyclic) bond motifs is 1. The normalized spacial score (nSPS) is 24.7. The highest BCUT2D eigenvalue weighted by Crippen LogP contribution is 2.41. The topological polar surface area (TPSA) is 36.9 Å². The molecule has 128 valence electrons. The van der Waals surface area contributed by atoms with Gasteiger partial charge in [-0.05, 0) is 44.0 Å². The first-order valence-electron chi connectivity index (χ1n) is 8.85. The fourth-order valence-electron chi connectivity index (χ4n) is 3.62. The van der Waals surface area contributed by atoms with Gasteiger partial charge in [-0.3, -0.25) is 0 Å². The Kier molecular flexibility index (Phi) is 5.41. The van der Waals surface area contributed by atoms with Crippen LogP contribution in [0.1, 0.15) is 52.0 Å². The van der Waals surface area contributed by atoms with Crippen LogP contribution in [0, 0.1) is 5.92 Å². The van der Waals surface area contributed by atoms with E-state index in [9.17, 15) is 0 Å². The summed E-state index contributed by atoms with van der Waals surface area (Å²) in [6.45, 7) is 8.09. The summed E-state index contributed by atoms with van der Waals surface area (Å²) in [5, 5.41) is 1.16. The smallest absolute Gasteiger partial charge is 0.355 e. The van der Waals surface area contributed by atoms with Gasteiger partial charge in [0.15, 0.2) is 0 Å². The molecule has 2 aliphatic rings. The van der Waals surface area contributed by atoms with E-state index >= 15 is 0 Å². The van der Waals surface area contributed by atoms with Crippen molar-refractivity contribution in [2.24, 2.45) is 5.92 Å². The quantitative estimate of drug-likeness (QED) is 0.748. The molecule has 0 N–H and O–H groups in total. The van der Waals surface area contributed by atoms with Gasteiger partial charge in [0.2, 0.25) is 5.79 Å². The Morgan fingerprint density at radius 1 is 1.17 bits per heavy atom. The molecule has 0 bridgehead atoms. The molecule has 1 aromatic rings. The highest BCUT2D eigenvalue weighted by atomic mass is 28.3. The highest BCUT2D eigenvalue weighted by molar-refractivity contribution is 6.61. The van der Waals surface area contributed by atoms with Gasteiger partial charge in [0, 0.05) is 31.6 Å². The van der Waals surface area contributed by atoms with Gasteiger partial charge in [-0.1, -0.05) is 18.9 Å². The summed E-state index contributed by atoms with van der Waals surface area (Å²) >= 11 is 0. The lowest BCUT2D eigenvalue weighted by Gasteiger charge is -2.40. The number of hydrogen-bond acceptors (Lipinski definition) is 4. The van der Waals surface area contributed by atoms with E-state index in [2.05, 4.69) is 25.1 Å². The van der Waals surface area contributed by atoms with Crippen molar-refractivity contribution in [3.05, 3.63) is 23.8 Å². The minimum absolute atomic E-state index is 0.471. The van der Waals surface area contributed by atoms with Gasteiger partial charge in [0.1, 0.15) is 5.75 Å². The van der Waals surface area contributed by atoms with E-state index in [-0.39, 0.29) is 0 Å². The Bertz CT molecular complexity index is 524. The fraction of sp³-hybridized carbons (Fsp3) is 0.667. The van der Waals surface area contributed by atoms with Crippen molar-refractivity contribution in [1.29, 1.82) is 0 Å². The van der Waals surface area contributed by atoms with Crippen molar-refractivity contribution in [3.8, 4) is 5.75 Å². The van der Waals surface area contributed by atoms with Crippen LogP contribution >= 0.6 is 0 Å². The van der Waals surface area contributed by atoms with E-state index in [1.54, 1.807) is 0 Å². The molecule has 1 aliphatic heterocycles. The molecule has 0 radical (unpaired) electrons. The van der Waals surface area contributed by atoms with Gasteiger partial charge < -0.3 is 18.3 Å².